The van der Waals surface area contributed by atoms with E-state index in [-0.39, 0.29) is 17.9 Å². The maximum absolute atomic E-state index is 12.7. The molecule has 0 bridgehead atoms. The van der Waals surface area contributed by atoms with E-state index in [4.69, 9.17) is 0 Å². The first kappa shape index (κ1) is 20.8. The van der Waals surface area contributed by atoms with Crippen molar-refractivity contribution in [2.75, 3.05) is 32.7 Å². The average Bonchev–Trinajstić information content (AvgIpc) is 2.77. The van der Waals surface area contributed by atoms with Gasteiger partial charge in [0, 0.05) is 25.6 Å². The van der Waals surface area contributed by atoms with Crippen LogP contribution in [0.15, 0.2) is 30.3 Å². The molecule has 3 rings (SSSR count). The molecule has 1 aromatic carbocycles. The monoisotopic (exact) mass is 385 g/mol. The summed E-state index contributed by atoms with van der Waals surface area (Å²) < 4.78 is 0. The van der Waals surface area contributed by atoms with E-state index in [1.807, 2.05) is 25.1 Å². The fraction of sp³-hybridized carbons (Fsp3) is 0.652. The van der Waals surface area contributed by atoms with Crippen LogP contribution < -0.4 is 5.32 Å². The van der Waals surface area contributed by atoms with Gasteiger partial charge in [0.2, 0.25) is 11.8 Å². The van der Waals surface area contributed by atoms with Gasteiger partial charge in [0.25, 0.3) is 0 Å². The lowest BCUT2D eigenvalue weighted by molar-refractivity contribution is -0.138. The van der Waals surface area contributed by atoms with E-state index >= 15 is 0 Å². The van der Waals surface area contributed by atoms with Crippen LogP contribution in [0.5, 0.6) is 0 Å². The van der Waals surface area contributed by atoms with Crippen LogP contribution in [0.4, 0.5) is 0 Å². The SMILES string of the molecule is CC(CNC(=O)C(C)N1CCC(C(=O)N2CCCCC2)CC1)c1ccccc1. The molecule has 0 radical (unpaired) electrons. The number of piperidine rings is 2. The normalized spacial score (nSPS) is 21.1. The summed E-state index contributed by atoms with van der Waals surface area (Å²) in [6.45, 7) is 8.28. The van der Waals surface area contributed by atoms with Gasteiger partial charge in [-0.15, -0.1) is 0 Å². The summed E-state index contributed by atoms with van der Waals surface area (Å²) in [4.78, 5) is 29.6. The number of rotatable bonds is 6. The molecule has 1 aromatic rings. The van der Waals surface area contributed by atoms with E-state index in [0.717, 1.165) is 51.9 Å². The van der Waals surface area contributed by atoms with E-state index in [1.54, 1.807) is 0 Å². The van der Waals surface area contributed by atoms with Crippen molar-refractivity contribution < 1.29 is 9.59 Å². The van der Waals surface area contributed by atoms with Crippen molar-refractivity contribution in [3.8, 4) is 0 Å². The summed E-state index contributed by atoms with van der Waals surface area (Å²) in [5.74, 6) is 0.865. The number of nitrogens with zero attached hydrogens (tertiary/aromatic N) is 2. The third-order valence-corrected chi connectivity index (χ3v) is 6.42. The summed E-state index contributed by atoms with van der Waals surface area (Å²) >= 11 is 0. The van der Waals surface area contributed by atoms with Crippen LogP contribution in [0.2, 0.25) is 0 Å². The molecular formula is C23H35N3O2. The summed E-state index contributed by atoms with van der Waals surface area (Å²) in [7, 11) is 0. The first-order chi connectivity index (χ1) is 13.6. The Labute approximate surface area is 169 Å². The second-order valence-corrected chi connectivity index (χ2v) is 8.43. The number of benzene rings is 1. The lowest BCUT2D eigenvalue weighted by atomic mass is 9.93. The summed E-state index contributed by atoms with van der Waals surface area (Å²) in [5, 5.41) is 3.11. The molecule has 2 aliphatic heterocycles. The Bertz CT molecular complexity index is 635. The van der Waals surface area contributed by atoms with Crippen LogP contribution in [0.25, 0.3) is 0 Å². The molecule has 2 aliphatic rings. The third-order valence-electron chi connectivity index (χ3n) is 6.42. The Hall–Kier alpha value is -1.88. The molecule has 2 unspecified atom stereocenters. The summed E-state index contributed by atoms with van der Waals surface area (Å²) in [5.41, 5.74) is 1.24. The molecule has 5 heteroatoms. The predicted molar refractivity (Wildman–Crippen MR) is 112 cm³/mol. The Morgan fingerprint density at radius 2 is 1.64 bits per heavy atom. The number of nitrogens with one attached hydrogen (secondary N) is 1. The lowest BCUT2D eigenvalue weighted by Crippen LogP contribution is -2.50. The first-order valence-corrected chi connectivity index (χ1v) is 10.9. The number of amides is 2. The zero-order valence-corrected chi connectivity index (χ0v) is 17.4. The molecule has 1 N–H and O–H groups in total. The Balaban J connectivity index is 1.42. The quantitative estimate of drug-likeness (QED) is 0.819. The van der Waals surface area contributed by atoms with Gasteiger partial charge in [-0.3, -0.25) is 14.5 Å². The van der Waals surface area contributed by atoms with Crippen molar-refractivity contribution in [3.05, 3.63) is 35.9 Å². The van der Waals surface area contributed by atoms with Gasteiger partial charge in [0.05, 0.1) is 6.04 Å². The smallest absolute Gasteiger partial charge is 0.237 e. The molecule has 2 heterocycles. The molecule has 5 nitrogen and oxygen atoms in total. The average molecular weight is 386 g/mol. The highest BCUT2D eigenvalue weighted by Gasteiger charge is 2.32. The van der Waals surface area contributed by atoms with Gasteiger partial charge in [-0.2, -0.15) is 0 Å². The van der Waals surface area contributed by atoms with Gasteiger partial charge in [0.1, 0.15) is 0 Å². The molecule has 0 aromatic heterocycles. The van der Waals surface area contributed by atoms with Gasteiger partial charge in [0.15, 0.2) is 0 Å². The minimum atomic E-state index is -0.144. The van der Waals surface area contributed by atoms with Crippen LogP contribution in [-0.2, 0) is 9.59 Å². The van der Waals surface area contributed by atoms with Crippen LogP contribution in [0.1, 0.15) is 57.4 Å². The second-order valence-electron chi connectivity index (χ2n) is 8.43. The molecule has 154 valence electrons. The molecule has 2 fully saturated rings. The van der Waals surface area contributed by atoms with Crippen molar-refractivity contribution in [3.63, 3.8) is 0 Å². The minimum Gasteiger partial charge on any atom is -0.354 e. The standard InChI is InChI=1S/C23H35N3O2/c1-18(20-9-5-3-6-10-20)17-24-22(27)19(2)25-15-11-21(12-16-25)23(28)26-13-7-4-8-14-26/h3,5-6,9-10,18-19,21H,4,7-8,11-17H2,1-2H3,(H,24,27). The molecule has 28 heavy (non-hydrogen) atoms. The molecule has 2 amide bonds. The summed E-state index contributed by atoms with van der Waals surface area (Å²) in [6.07, 6.45) is 5.27. The fourth-order valence-corrected chi connectivity index (χ4v) is 4.37. The van der Waals surface area contributed by atoms with Crippen LogP contribution in [0, 0.1) is 5.92 Å². The molecule has 0 saturated carbocycles. The third kappa shape index (κ3) is 5.34. The van der Waals surface area contributed by atoms with Crippen molar-refractivity contribution in [1.82, 2.24) is 15.1 Å². The highest BCUT2D eigenvalue weighted by Crippen LogP contribution is 2.23. The van der Waals surface area contributed by atoms with Gasteiger partial charge < -0.3 is 10.2 Å². The van der Waals surface area contributed by atoms with Crippen molar-refractivity contribution in [2.45, 2.75) is 57.9 Å². The Morgan fingerprint density at radius 3 is 2.29 bits per heavy atom. The van der Waals surface area contributed by atoms with Gasteiger partial charge >= 0.3 is 0 Å². The molecular weight excluding hydrogens is 350 g/mol. The maximum Gasteiger partial charge on any atom is 0.237 e. The van der Waals surface area contributed by atoms with E-state index in [0.29, 0.717) is 18.4 Å². The highest BCUT2D eigenvalue weighted by molar-refractivity contribution is 5.81. The fourth-order valence-electron chi connectivity index (χ4n) is 4.37. The van der Waals surface area contributed by atoms with Gasteiger partial charge in [-0.1, -0.05) is 37.3 Å². The van der Waals surface area contributed by atoms with Crippen LogP contribution in [0.3, 0.4) is 0 Å². The summed E-state index contributed by atoms with van der Waals surface area (Å²) in [6, 6.07) is 10.1. The Morgan fingerprint density at radius 1 is 1.00 bits per heavy atom. The van der Waals surface area contributed by atoms with Crippen molar-refractivity contribution >= 4 is 11.8 Å². The van der Waals surface area contributed by atoms with Gasteiger partial charge in [-0.25, -0.2) is 0 Å². The maximum atomic E-state index is 12.7. The molecule has 0 aliphatic carbocycles. The largest absolute Gasteiger partial charge is 0.354 e. The zero-order chi connectivity index (χ0) is 19.9. The predicted octanol–water partition coefficient (Wildman–Crippen LogP) is 3.02. The number of hydrogen-bond acceptors (Lipinski definition) is 3. The molecule has 2 saturated heterocycles. The van der Waals surface area contributed by atoms with E-state index in [9.17, 15) is 9.59 Å². The minimum absolute atomic E-state index is 0.0867. The number of hydrogen-bond donors (Lipinski definition) is 1. The zero-order valence-electron chi connectivity index (χ0n) is 17.4. The van der Waals surface area contributed by atoms with Crippen molar-refractivity contribution in [2.24, 2.45) is 5.92 Å². The van der Waals surface area contributed by atoms with Gasteiger partial charge in [-0.05, 0) is 63.6 Å². The van der Waals surface area contributed by atoms with E-state index in [1.165, 1.54) is 12.0 Å². The number of carbonyl (C=O) groups is 2. The molecule has 2 atom stereocenters. The first-order valence-electron chi connectivity index (χ1n) is 10.9. The van der Waals surface area contributed by atoms with E-state index in [2.05, 4.69) is 34.2 Å². The number of likely N-dealkylation sites (tertiary alicyclic amines) is 2. The Kier molecular flexibility index (Phi) is 7.49. The van der Waals surface area contributed by atoms with Crippen molar-refractivity contribution in [1.29, 1.82) is 0 Å². The topological polar surface area (TPSA) is 52.7 Å². The van der Waals surface area contributed by atoms with Crippen LogP contribution in [-0.4, -0.2) is 60.4 Å². The van der Waals surface area contributed by atoms with E-state index < -0.39 is 0 Å². The lowest BCUT2D eigenvalue weighted by Gasteiger charge is -2.37. The molecule has 0 spiro atoms. The second kappa shape index (κ2) is 10.1. The highest BCUT2D eigenvalue weighted by atomic mass is 16.2. The van der Waals surface area contributed by atoms with Crippen LogP contribution >= 0.6 is 0 Å². The number of carbonyl (C=O) groups excluding carboxylic acids is 2.